The van der Waals surface area contributed by atoms with E-state index in [-0.39, 0.29) is 11.1 Å². The van der Waals surface area contributed by atoms with E-state index in [9.17, 15) is 9.59 Å². The summed E-state index contributed by atoms with van der Waals surface area (Å²) in [7, 11) is 1.57. The van der Waals surface area contributed by atoms with Gasteiger partial charge in [0.1, 0.15) is 5.75 Å². The summed E-state index contributed by atoms with van der Waals surface area (Å²) in [4.78, 5) is 26.3. The van der Waals surface area contributed by atoms with Crippen molar-refractivity contribution in [3.8, 4) is 5.75 Å². The molecule has 1 heterocycles. The summed E-state index contributed by atoms with van der Waals surface area (Å²) < 4.78 is 6.17. The lowest BCUT2D eigenvalue weighted by atomic mass is 10.2. The second kappa shape index (κ2) is 6.60. The summed E-state index contributed by atoms with van der Waals surface area (Å²) in [6, 6.07) is 14.4. The lowest BCUT2D eigenvalue weighted by Crippen LogP contribution is -2.27. The van der Waals surface area contributed by atoms with E-state index in [4.69, 9.17) is 4.74 Å². The van der Waals surface area contributed by atoms with E-state index in [0.717, 1.165) is 21.8 Å². The van der Waals surface area contributed by atoms with Gasteiger partial charge >= 0.3 is 0 Å². The van der Waals surface area contributed by atoms with Crippen LogP contribution in [0, 0.1) is 0 Å². The van der Waals surface area contributed by atoms with Gasteiger partial charge in [0.05, 0.1) is 17.7 Å². The number of nitrogens with zero attached hydrogens (tertiary/aromatic N) is 1. The summed E-state index contributed by atoms with van der Waals surface area (Å²) >= 11 is 4.32. The third-order valence-electron chi connectivity index (χ3n) is 3.29. The number of halogens is 1. The monoisotopic (exact) mass is 389 g/mol. The Morgan fingerprint density at radius 2 is 1.87 bits per heavy atom. The highest BCUT2D eigenvalue weighted by Gasteiger charge is 2.36. The predicted octanol–water partition coefficient (Wildman–Crippen LogP) is 4.70. The molecule has 0 saturated carbocycles. The van der Waals surface area contributed by atoms with Crippen molar-refractivity contribution in [2.45, 2.75) is 0 Å². The predicted molar refractivity (Wildman–Crippen MR) is 95.6 cm³/mol. The van der Waals surface area contributed by atoms with Crippen LogP contribution in [0.15, 0.2) is 57.9 Å². The van der Waals surface area contributed by atoms with Crippen molar-refractivity contribution in [1.29, 1.82) is 0 Å². The van der Waals surface area contributed by atoms with Gasteiger partial charge in [0, 0.05) is 10.0 Å². The van der Waals surface area contributed by atoms with Gasteiger partial charge in [-0.2, -0.15) is 0 Å². The number of amides is 2. The van der Waals surface area contributed by atoms with Gasteiger partial charge < -0.3 is 4.74 Å². The molecule has 0 radical (unpaired) electrons. The summed E-state index contributed by atoms with van der Waals surface area (Å²) in [5.74, 6) is 0.313. The molecule has 1 fully saturated rings. The molecular formula is C17H12BrNO3S. The van der Waals surface area contributed by atoms with E-state index in [2.05, 4.69) is 15.9 Å². The summed E-state index contributed by atoms with van der Waals surface area (Å²) in [5, 5.41) is -0.304. The van der Waals surface area contributed by atoms with Gasteiger partial charge in [-0.3, -0.25) is 9.59 Å². The number of imide groups is 1. The number of rotatable bonds is 3. The molecule has 1 aliphatic rings. The number of carbonyl (C=O) groups is 2. The Balaban J connectivity index is 1.98. The Hall–Kier alpha value is -2.05. The maximum Gasteiger partial charge on any atom is 0.298 e. The quantitative estimate of drug-likeness (QED) is 0.713. The largest absolute Gasteiger partial charge is 0.496 e. The normalized spacial score (nSPS) is 16.3. The molecule has 3 rings (SSSR count). The van der Waals surface area contributed by atoms with Gasteiger partial charge in [0.25, 0.3) is 11.1 Å². The number of carbonyl (C=O) groups excluding carboxylic acids is 2. The molecule has 1 saturated heterocycles. The van der Waals surface area contributed by atoms with E-state index >= 15 is 0 Å². The first-order valence-electron chi connectivity index (χ1n) is 6.76. The maximum atomic E-state index is 12.6. The molecule has 2 amide bonds. The number of anilines is 1. The molecule has 23 heavy (non-hydrogen) atoms. The summed E-state index contributed by atoms with van der Waals surface area (Å²) in [5.41, 5.74) is 1.31. The van der Waals surface area contributed by atoms with Crippen LogP contribution >= 0.6 is 27.7 Å². The molecular weight excluding hydrogens is 378 g/mol. The van der Waals surface area contributed by atoms with Crippen molar-refractivity contribution in [3.63, 3.8) is 0 Å². The summed E-state index contributed by atoms with van der Waals surface area (Å²) in [6.07, 6.45) is 1.68. The van der Waals surface area contributed by atoms with E-state index in [0.29, 0.717) is 16.3 Å². The standard InChI is InChI=1S/C17H12BrNO3S/c1-22-14-8-7-12(18)9-11(14)10-15-16(20)19(17(21)23-15)13-5-3-2-4-6-13/h2-10H,1H3/b15-10+. The minimum Gasteiger partial charge on any atom is -0.496 e. The third kappa shape index (κ3) is 3.18. The smallest absolute Gasteiger partial charge is 0.298 e. The third-order valence-corrected chi connectivity index (χ3v) is 4.65. The van der Waals surface area contributed by atoms with E-state index in [1.807, 2.05) is 18.2 Å². The number of ether oxygens (including phenoxy) is 1. The number of benzene rings is 2. The van der Waals surface area contributed by atoms with Crippen molar-refractivity contribution in [2.24, 2.45) is 0 Å². The molecule has 2 aromatic rings. The van der Waals surface area contributed by atoms with Crippen LogP contribution in [0.4, 0.5) is 10.5 Å². The van der Waals surface area contributed by atoms with Crippen molar-refractivity contribution in [3.05, 3.63) is 63.5 Å². The van der Waals surface area contributed by atoms with Gasteiger partial charge in [0.15, 0.2) is 0 Å². The molecule has 1 aliphatic heterocycles. The maximum absolute atomic E-state index is 12.6. The number of thioether (sulfide) groups is 1. The molecule has 2 aromatic carbocycles. The molecule has 6 heteroatoms. The Morgan fingerprint density at radius 1 is 1.13 bits per heavy atom. The van der Waals surface area contributed by atoms with Crippen LogP contribution in [0.3, 0.4) is 0 Å². The van der Waals surface area contributed by atoms with Crippen LogP contribution in [0.5, 0.6) is 5.75 Å². The van der Waals surface area contributed by atoms with E-state index in [1.54, 1.807) is 43.5 Å². The first kappa shape index (κ1) is 15.8. The average molecular weight is 390 g/mol. The zero-order chi connectivity index (χ0) is 16.4. The second-order valence-electron chi connectivity index (χ2n) is 4.74. The SMILES string of the molecule is COc1ccc(Br)cc1/C=C1/SC(=O)N(c2ccccc2)C1=O. The first-order valence-corrected chi connectivity index (χ1v) is 8.37. The lowest BCUT2D eigenvalue weighted by molar-refractivity contribution is -0.113. The van der Waals surface area contributed by atoms with Crippen molar-refractivity contribution in [2.75, 3.05) is 12.0 Å². The number of hydrogen-bond acceptors (Lipinski definition) is 4. The van der Waals surface area contributed by atoms with Crippen LogP contribution in [-0.2, 0) is 4.79 Å². The fourth-order valence-electron chi connectivity index (χ4n) is 2.23. The van der Waals surface area contributed by atoms with Gasteiger partial charge in [-0.25, -0.2) is 4.90 Å². The highest BCUT2D eigenvalue weighted by Crippen LogP contribution is 2.37. The molecule has 0 unspecified atom stereocenters. The van der Waals surface area contributed by atoms with Gasteiger partial charge in [-0.15, -0.1) is 0 Å². The average Bonchev–Trinajstić information content (AvgIpc) is 2.82. The lowest BCUT2D eigenvalue weighted by Gasteiger charge is -2.11. The Bertz CT molecular complexity index is 805. The van der Waals surface area contributed by atoms with Crippen LogP contribution in [0.1, 0.15) is 5.56 Å². The van der Waals surface area contributed by atoms with Gasteiger partial charge in [-0.05, 0) is 48.2 Å². The van der Waals surface area contributed by atoms with Crippen LogP contribution in [0.2, 0.25) is 0 Å². The zero-order valence-corrected chi connectivity index (χ0v) is 14.6. The van der Waals surface area contributed by atoms with Gasteiger partial charge in [0.2, 0.25) is 0 Å². The fourth-order valence-corrected chi connectivity index (χ4v) is 3.44. The molecule has 4 nitrogen and oxygen atoms in total. The zero-order valence-electron chi connectivity index (χ0n) is 12.2. The van der Waals surface area contributed by atoms with Crippen LogP contribution < -0.4 is 9.64 Å². The number of methoxy groups -OCH3 is 1. The molecule has 0 bridgehead atoms. The topological polar surface area (TPSA) is 46.6 Å². The highest BCUT2D eigenvalue weighted by molar-refractivity contribution is 9.10. The number of hydrogen-bond donors (Lipinski definition) is 0. The molecule has 0 atom stereocenters. The summed E-state index contributed by atoms with van der Waals surface area (Å²) in [6.45, 7) is 0. The number of para-hydroxylation sites is 1. The minimum absolute atomic E-state index is 0.304. The Kier molecular flexibility index (Phi) is 4.54. The fraction of sp³-hybridized carbons (Fsp3) is 0.0588. The van der Waals surface area contributed by atoms with Crippen molar-refractivity contribution < 1.29 is 14.3 Å². The van der Waals surface area contributed by atoms with Crippen molar-refractivity contribution in [1.82, 2.24) is 0 Å². The van der Waals surface area contributed by atoms with Crippen LogP contribution in [-0.4, -0.2) is 18.3 Å². The minimum atomic E-state index is -0.326. The Morgan fingerprint density at radius 3 is 2.57 bits per heavy atom. The molecule has 0 N–H and O–H groups in total. The van der Waals surface area contributed by atoms with Crippen molar-refractivity contribution >= 4 is 50.6 Å². The first-order chi connectivity index (χ1) is 11.1. The second-order valence-corrected chi connectivity index (χ2v) is 6.65. The molecule has 0 aromatic heterocycles. The van der Waals surface area contributed by atoms with E-state index < -0.39 is 0 Å². The highest BCUT2D eigenvalue weighted by atomic mass is 79.9. The molecule has 116 valence electrons. The van der Waals surface area contributed by atoms with E-state index in [1.165, 1.54) is 4.90 Å². The molecule has 0 aliphatic carbocycles. The van der Waals surface area contributed by atoms with Gasteiger partial charge in [-0.1, -0.05) is 34.1 Å². The Labute approximate surface area is 146 Å². The molecule has 0 spiro atoms. The van der Waals surface area contributed by atoms with Crippen LogP contribution in [0.25, 0.3) is 6.08 Å².